The topological polar surface area (TPSA) is 76.2 Å². The van der Waals surface area contributed by atoms with E-state index in [-0.39, 0.29) is 23.7 Å². The van der Waals surface area contributed by atoms with E-state index in [4.69, 9.17) is 5.73 Å². The fourth-order valence-corrected chi connectivity index (χ4v) is 3.06. The first-order valence-electron chi connectivity index (χ1n) is 8.36. The van der Waals surface area contributed by atoms with Crippen LogP contribution in [-0.4, -0.2) is 46.8 Å². The third-order valence-electron chi connectivity index (χ3n) is 4.64. The number of nitrogens with zero attached hydrogens (tertiary/aromatic N) is 3. The molecule has 1 aliphatic heterocycles. The molecule has 0 saturated carbocycles. The van der Waals surface area contributed by atoms with Crippen LogP contribution in [0.5, 0.6) is 0 Å². The molecule has 7 heteroatoms. The van der Waals surface area contributed by atoms with Crippen molar-refractivity contribution in [2.24, 2.45) is 11.1 Å². The number of rotatable bonds is 6. The molecule has 1 aromatic heterocycles. The van der Waals surface area contributed by atoms with Gasteiger partial charge < -0.3 is 11.1 Å². The minimum Gasteiger partial charge on any atom is -0.351 e. The van der Waals surface area contributed by atoms with Crippen molar-refractivity contribution < 1.29 is 4.79 Å². The van der Waals surface area contributed by atoms with Crippen LogP contribution in [0.3, 0.4) is 0 Å². The van der Waals surface area contributed by atoms with Crippen molar-refractivity contribution in [2.75, 3.05) is 26.2 Å². The second-order valence-electron chi connectivity index (χ2n) is 6.88. The second kappa shape index (κ2) is 8.47. The van der Waals surface area contributed by atoms with Crippen molar-refractivity contribution in [3.63, 3.8) is 0 Å². The van der Waals surface area contributed by atoms with Crippen molar-refractivity contribution in [3.8, 4) is 5.69 Å². The van der Waals surface area contributed by atoms with Crippen LogP contribution < -0.4 is 11.1 Å². The van der Waals surface area contributed by atoms with Gasteiger partial charge in [-0.3, -0.25) is 9.69 Å². The number of benzene rings is 1. The number of halogens is 1. The predicted octanol–water partition coefficient (Wildman–Crippen LogP) is 1.58. The number of aromatic nitrogens is 2. The van der Waals surface area contributed by atoms with Gasteiger partial charge in [0.25, 0.3) is 0 Å². The summed E-state index contributed by atoms with van der Waals surface area (Å²) in [5.74, 6) is 0.0451. The number of amides is 1. The number of nitrogens with one attached hydrogen (secondary N) is 1. The molecule has 25 heavy (non-hydrogen) atoms. The molecule has 0 aliphatic carbocycles. The first kappa shape index (κ1) is 19.4. The fourth-order valence-electron chi connectivity index (χ4n) is 3.06. The maximum absolute atomic E-state index is 12.1. The van der Waals surface area contributed by atoms with Gasteiger partial charge in [0.05, 0.1) is 18.4 Å². The van der Waals surface area contributed by atoms with Crippen molar-refractivity contribution in [1.29, 1.82) is 0 Å². The zero-order valence-electron chi connectivity index (χ0n) is 14.5. The van der Waals surface area contributed by atoms with Crippen molar-refractivity contribution in [1.82, 2.24) is 20.0 Å². The van der Waals surface area contributed by atoms with Crippen LogP contribution in [0.15, 0.2) is 42.7 Å². The molecule has 1 amide bonds. The summed E-state index contributed by atoms with van der Waals surface area (Å²) >= 11 is 0. The van der Waals surface area contributed by atoms with Gasteiger partial charge >= 0.3 is 0 Å². The highest BCUT2D eigenvalue weighted by Gasteiger charge is 2.32. The molecule has 1 saturated heterocycles. The number of nitrogens with two attached hydrogens (primary N) is 1. The van der Waals surface area contributed by atoms with E-state index in [0.29, 0.717) is 19.6 Å². The average molecular weight is 364 g/mol. The summed E-state index contributed by atoms with van der Waals surface area (Å²) < 4.78 is 1.81. The Morgan fingerprint density at radius 1 is 1.36 bits per heavy atom. The lowest BCUT2D eigenvalue weighted by atomic mass is 9.90. The van der Waals surface area contributed by atoms with Crippen LogP contribution in [-0.2, 0) is 11.3 Å². The first-order chi connectivity index (χ1) is 11.6. The van der Waals surface area contributed by atoms with Gasteiger partial charge in [0.15, 0.2) is 0 Å². The van der Waals surface area contributed by atoms with Crippen LogP contribution in [0.25, 0.3) is 5.69 Å². The molecule has 1 atom stereocenters. The highest BCUT2D eigenvalue weighted by Crippen LogP contribution is 2.27. The van der Waals surface area contributed by atoms with Gasteiger partial charge in [0.1, 0.15) is 0 Å². The van der Waals surface area contributed by atoms with Gasteiger partial charge in [0, 0.05) is 24.8 Å². The van der Waals surface area contributed by atoms with Crippen LogP contribution in [0.4, 0.5) is 0 Å². The Morgan fingerprint density at radius 3 is 2.80 bits per heavy atom. The largest absolute Gasteiger partial charge is 0.351 e. The summed E-state index contributed by atoms with van der Waals surface area (Å²) in [4.78, 5) is 14.3. The van der Waals surface area contributed by atoms with Gasteiger partial charge in [-0.05, 0) is 37.1 Å². The molecule has 1 aromatic carbocycles. The number of para-hydroxylation sites is 1. The standard InChI is InChI=1S/C18H25N5O.ClH/c1-18(13-19)7-8-22(14-18)12-17(24)20-9-15-10-21-23(11-15)16-5-3-2-4-6-16;/h2-6,10-11H,7-9,12-14,19H2,1H3,(H,20,24);1H. The number of carbonyl (C=O) groups excluding carboxylic acids is 1. The van der Waals surface area contributed by atoms with Gasteiger partial charge in [-0.15, -0.1) is 12.4 Å². The normalized spacial score (nSPS) is 20.2. The number of hydrogen-bond donors (Lipinski definition) is 2. The number of hydrogen-bond acceptors (Lipinski definition) is 4. The molecule has 0 radical (unpaired) electrons. The van der Waals surface area contributed by atoms with Crippen LogP contribution in [0, 0.1) is 5.41 Å². The Balaban J connectivity index is 0.00000225. The summed E-state index contributed by atoms with van der Waals surface area (Å²) in [6.45, 7) is 5.61. The van der Waals surface area contributed by atoms with E-state index in [9.17, 15) is 4.79 Å². The molecular weight excluding hydrogens is 338 g/mol. The van der Waals surface area contributed by atoms with Gasteiger partial charge in [-0.1, -0.05) is 25.1 Å². The maximum atomic E-state index is 12.1. The molecule has 1 unspecified atom stereocenters. The molecule has 1 aliphatic rings. The SMILES string of the molecule is CC1(CN)CCN(CC(=O)NCc2cnn(-c3ccccc3)c2)C1.Cl. The third-order valence-corrected chi connectivity index (χ3v) is 4.64. The summed E-state index contributed by atoms with van der Waals surface area (Å²) in [6, 6.07) is 9.92. The van der Waals surface area contributed by atoms with Crippen LogP contribution in [0.1, 0.15) is 18.9 Å². The molecule has 0 spiro atoms. The quantitative estimate of drug-likeness (QED) is 0.817. The monoisotopic (exact) mass is 363 g/mol. The Bertz CT molecular complexity index is 690. The third kappa shape index (κ3) is 5.04. The maximum Gasteiger partial charge on any atom is 0.234 e. The molecule has 136 valence electrons. The molecule has 3 N–H and O–H groups in total. The Kier molecular flexibility index (Phi) is 6.58. The van der Waals surface area contributed by atoms with E-state index >= 15 is 0 Å². The van der Waals surface area contributed by atoms with E-state index in [1.165, 1.54) is 0 Å². The van der Waals surface area contributed by atoms with Crippen LogP contribution >= 0.6 is 12.4 Å². The second-order valence-corrected chi connectivity index (χ2v) is 6.88. The van der Waals surface area contributed by atoms with Crippen molar-refractivity contribution in [3.05, 3.63) is 48.3 Å². The molecular formula is C18H26ClN5O. The average Bonchev–Trinajstić information content (AvgIpc) is 3.21. The number of likely N-dealkylation sites (tertiary alicyclic amines) is 1. The Morgan fingerprint density at radius 2 is 2.12 bits per heavy atom. The van der Waals surface area contributed by atoms with E-state index in [1.807, 2.05) is 41.2 Å². The highest BCUT2D eigenvalue weighted by molar-refractivity contribution is 5.85. The van der Waals surface area contributed by atoms with E-state index < -0.39 is 0 Å². The zero-order valence-corrected chi connectivity index (χ0v) is 15.3. The minimum absolute atomic E-state index is 0. The van der Waals surface area contributed by atoms with Crippen molar-refractivity contribution >= 4 is 18.3 Å². The zero-order chi connectivity index (χ0) is 17.0. The summed E-state index contributed by atoms with van der Waals surface area (Å²) in [5, 5.41) is 7.31. The van der Waals surface area contributed by atoms with Crippen LogP contribution in [0.2, 0.25) is 0 Å². The molecule has 2 heterocycles. The lowest BCUT2D eigenvalue weighted by Crippen LogP contribution is -2.38. The van der Waals surface area contributed by atoms with Gasteiger partial charge in [0.2, 0.25) is 5.91 Å². The lowest BCUT2D eigenvalue weighted by Gasteiger charge is -2.22. The summed E-state index contributed by atoms with van der Waals surface area (Å²) in [5.41, 5.74) is 7.95. The highest BCUT2D eigenvalue weighted by atomic mass is 35.5. The van der Waals surface area contributed by atoms with E-state index in [0.717, 1.165) is 30.8 Å². The Hall–Kier alpha value is -1.89. The van der Waals surface area contributed by atoms with Crippen molar-refractivity contribution in [2.45, 2.75) is 19.9 Å². The Labute approximate surface area is 154 Å². The molecule has 3 rings (SSSR count). The predicted molar refractivity (Wildman–Crippen MR) is 101 cm³/mol. The van der Waals surface area contributed by atoms with Gasteiger partial charge in [-0.25, -0.2) is 4.68 Å². The fraction of sp³-hybridized carbons (Fsp3) is 0.444. The first-order valence-corrected chi connectivity index (χ1v) is 8.36. The van der Waals surface area contributed by atoms with E-state index in [1.54, 1.807) is 6.20 Å². The number of carbonyl (C=O) groups is 1. The smallest absolute Gasteiger partial charge is 0.234 e. The molecule has 0 bridgehead atoms. The molecule has 2 aromatic rings. The summed E-state index contributed by atoms with van der Waals surface area (Å²) in [6.07, 6.45) is 4.78. The molecule has 1 fully saturated rings. The summed E-state index contributed by atoms with van der Waals surface area (Å²) in [7, 11) is 0. The molecule has 6 nitrogen and oxygen atoms in total. The van der Waals surface area contributed by atoms with Gasteiger partial charge in [-0.2, -0.15) is 5.10 Å². The minimum atomic E-state index is 0. The lowest BCUT2D eigenvalue weighted by molar-refractivity contribution is -0.122. The van der Waals surface area contributed by atoms with E-state index in [2.05, 4.69) is 22.2 Å².